The fourth-order valence-electron chi connectivity index (χ4n) is 4.37. The number of carbonyl (C=O) groups excluding carboxylic acids is 2. The Morgan fingerprint density at radius 1 is 1.24 bits per heavy atom. The van der Waals surface area contributed by atoms with Crippen LogP contribution in [0.1, 0.15) is 52.1 Å². The molecule has 0 bridgehead atoms. The minimum absolute atomic E-state index is 0.00852. The van der Waals surface area contributed by atoms with Crippen molar-refractivity contribution in [1.82, 2.24) is 10.2 Å². The molecule has 11 heteroatoms. The Hall–Kier alpha value is -3.40. The summed E-state index contributed by atoms with van der Waals surface area (Å²) in [5, 5.41) is 13.2. The SMILES string of the molecule is CC(C)N=CC(N)CC(NC(=O)c1c(Cl)cc2c(c1Cl)CCN(C(=O)c1ccc3ccoc3c1)C2)C(=O)O. The molecule has 0 radical (unpaired) electrons. The van der Waals surface area contributed by atoms with Gasteiger partial charge in [-0.15, -0.1) is 0 Å². The maximum absolute atomic E-state index is 13.2. The topological polar surface area (TPSA) is 138 Å². The smallest absolute Gasteiger partial charge is 0.326 e. The first-order valence-electron chi connectivity index (χ1n) is 12.1. The van der Waals surface area contributed by atoms with Crippen molar-refractivity contribution in [3.63, 3.8) is 0 Å². The monoisotopic (exact) mass is 558 g/mol. The minimum atomic E-state index is -1.26. The number of fused-ring (bicyclic) bond motifs is 2. The summed E-state index contributed by atoms with van der Waals surface area (Å²) >= 11 is 13.1. The summed E-state index contributed by atoms with van der Waals surface area (Å²) in [5.74, 6) is -2.11. The Morgan fingerprint density at radius 2 is 2.00 bits per heavy atom. The number of nitrogens with zero attached hydrogens (tertiary/aromatic N) is 2. The number of nitrogens with one attached hydrogen (secondary N) is 1. The summed E-state index contributed by atoms with van der Waals surface area (Å²) < 4.78 is 5.41. The molecule has 3 aromatic rings. The fourth-order valence-corrected chi connectivity index (χ4v) is 5.14. The van der Waals surface area contributed by atoms with E-state index in [0.717, 1.165) is 10.9 Å². The molecular weight excluding hydrogens is 531 g/mol. The van der Waals surface area contributed by atoms with Gasteiger partial charge < -0.3 is 25.5 Å². The molecule has 2 atom stereocenters. The zero-order valence-electron chi connectivity index (χ0n) is 20.9. The summed E-state index contributed by atoms with van der Waals surface area (Å²) in [6.07, 6.45) is 3.39. The zero-order valence-corrected chi connectivity index (χ0v) is 22.4. The van der Waals surface area contributed by atoms with Crippen molar-refractivity contribution in [2.24, 2.45) is 10.7 Å². The van der Waals surface area contributed by atoms with Crippen LogP contribution in [0.4, 0.5) is 0 Å². The minimum Gasteiger partial charge on any atom is -0.480 e. The van der Waals surface area contributed by atoms with Crippen LogP contribution in [0.15, 0.2) is 46.0 Å². The van der Waals surface area contributed by atoms with Gasteiger partial charge in [0.1, 0.15) is 11.6 Å². The number of carboxylic acid groups (broad SMARTS) is 1. The lowest BCUT2D eigenvalue weighted by Crippen LogP contribution is -2.45. The second kappa shape index (κ2) is 11.6. The molecule has 1 aliphatic rings. The first-order valence-corrected chi connectivity index (χ1v) is 12.9. The van der Waals surface area contributed by atoms with Crippen LogP contribution in [-0.4, -0.2) is 58.7 Å². The van der Waals surface area contributed by atoms with Crippen molar-refractivity contribution < 1.29 is 23.9 Å². The maximum Gasteiger partial charge on any atom is 0.326 e. The molecule has 2 amide bonds. The van der Waals surface area contributed by atoms with Gasteiger partial charge in [0.2, 0.25) is 0 Å². The standard InChI is InChI=1S/C27H28Cl2N4O5/c1-14(2)31-12-18(30)11-21(27(36)37)32-25(34)23-20(28)9-17-13-33(7-5-19(17)24(23)29)26(35)16-4-3-15-6-8-38-22(15)10-16/h3-4,6,8-10,12,14,18,21H,5,7,11,13,30H2,1-2H3,(H,32,34)(H,36,37). The average Bonchev–Trinajstić information content (AvgIpc) is 3.34. The Kier molecular flexibility index (Phi) is 8.40. The van der Waals surface area contributed by atoms with E-state index >= 15 is 0 Å². The van der Waals surface area contributed by atoms with E-state index in [1.165, 1.54) is 6.21 Å². The zero-order chi connectivity index (χ0) is 27.6. The molecule has 4 rings (SSSR count). The number of carbonyl (C=O) groups is 3. The highest BCUT2D eigenvalue weighted by Gasteiger charge is 2.30. The molecule has 1 aromatic heterocycles. The number of benzene rings is 2. The molecule has 200 valence electrons. The fraction of sp³-hybridized carbons (Fsp3) is 0.333. The largest absolute Gasteiger partial charge is 0.480 e. The molecule has 1 aliphatic heterocycles. The normalized spacial score (nSPS) is 15.1. The van der Waals surface area contributed by atoms with Crippen molar-refractivity contribution >= 4 is 58.2 Å². The van der Waals surface area contributed by atoms with Gasteiger partial charge in [-0.05, 0) is 62.1 Å². The van der Waals surface area contributed by atoms with E-state index in [1.54, 1.807) is 29.4 Å². The molecule has 0 aliphatic carbocycles. The van der Waals surface area contributed by atoms with E-state index in [0.29, 0.717) is 29.7 Å². The molecule has 0 saturated carbocycles. The summed E-state index contributed by atoms with van der Waals surface area (Å²) in [7, 11) is 0. The lowest BCUT2D eigenvalue weighted by atomic mass is 9.95. The van der Waals surface area contributed by atoms with Gasteiger partial charge in [0.15, 0.2) is 0 Å². The Bertz CT molecular complexity index is 1420. The summed E-state index contributed by atoms with van der Waals surface area (Å²) in [6.45, 7) is 4.38. The van der Waals surface area contributed by atoms with Gasteiger partial charge >= 0.3 is 5.97 Å². The highest BCUT2D eigenvalue weighted by molar-refractivity contribution is 6.40. The second-order valence-electron chi connectivity index (χ2n) is 9.49. The third-order valence-electron chi connectivity index (χ3n) is 6.31. The first-order chi connectivity index (χ1) is 18.0. The molecule has 9 nitrogen and oxygen atoms in total. The van der Waals surface area contributed by atoms with Gasteiger partial charge in [-0.3, -0.25) is 14.6 Å². The number of rotatable bonds is 8. The van der Waals surface area contributed by atoms with Crippen LogP contribution in [0.2, 0.25) is 10.0 Å². The number of carboxylic acids is 1. The van der Waals surface area contributed by atoms with Crippen LogP contribution in [0.25, 0.3) is 11.0 Å². The number of aliphatic carboxylic acids is 1. The quantitative estimate of drug-likeness (QED) is 0.352. The van der Waals surface area contributed by atoms with Crippen LogP contribution in [0.5, 0.6) is 0 Å². The molecule has 4 N–H and O–H groups in total. The predicted molar refractivity (Wildman–Crippen MR) is 146 cm³/mol. The van der Waals surface area contributed by atoms with E-state index in [2.05, 4.69) is 10.3 Å². The average molecular weight is 559 g/mol. The van der Waals surface area contributed by atoms with E-state index in [4.69, 9.17) is 33.4 Å². The van der Waals surface area contributed by atoms with Gasteiger partial charge in [-0.1, -0.05) is 29.3 Å². The van der Waals surface area contributed by atoms with Crippen molar-refractivity contribution in [2.45, 2.75) is 51.4 Å². The van der Waals surface area contributed by atoms with E-state index < -0.39 is 24.0 Å². The van der Waals surface area contributed by atoms with Crippen molar-refractivity contribution in [1.29, 1.82) is 0 Å². The van der Waals surface area contributed by atoms with E-state index in [1.807, 2.05) is 26.0 Å². The maximum atomic E-state index is 13.2. The number of hydrogen-bond acceptors (Lipinski definition) is 6. The molecule has 2 heterocycles. The van der Waals surface area contributed by atoms with Crippen LogP contribution < -0.4 is 11.1 Å². The van der Waals surface area contributed by atoms with Crippen molar-refractivity contribution in [3.05, 3.63) is 68.9 Å². The highest BCUT2D eigenvalue weighted by atomic mass is 35.5. The molecular formula is C27H28Cl2N4O5. The second-order valence-corrected chi connectivity index (χ2v) is 10.3. The van der Waals surface area contributed by atoms with Gasteiger partial charge in [-0.25, -0.2) is 4.79 Å². The van der Waals surface area contributed by atoms with Crippen molar-refractivity contribution in [3.8, 4) is 0 Å². The molecule has 2 aromatic carbocycles. The van der Waals surface area contributed by atoms with E-state index in [9.17, 15) is 19.5 Å². The predicted octanol–water partition coefficient (Wildman–Crippen LogP) is 4.32. The Balaban J connectivity index is 1.51. The summed E-state index contributed by atoms with van der Waals surface area (Å²) in [6, 6.07) is 6.80. The first kappa shape index (κ1) is 27.6. The van der Waals surface area contributed by atoms with Crippen LogP contribution in [-0.2, 0) is 17.8 Å². The molecule has 0 saturated heterocycles. The van der Waals surface area contributed by atoms with Crippen LogP contribution >= 0.6 is 23.2 Å². The van der Waals surface area contributed by atoms with Crippen LogP contribution in [0, 0.1) is 0 Å². The number of amides is 2. The summed E-state index contributed by atoms with van der Waals surface area (Å²) in [4.78, 5) is 43.9. The number of hydrogen-bond donors (Lipinski definition) is 3. The van der Waals surface area contributed by atoms with Gasteiger partial charge in [-0.2, -0.15) is 0 Å². The van der Waals surface area contributed by atoms with Gasteiger partial charge in [0.05, 0.1) is 21.9 Å². The highest BCUT2D eigenvalue weighted by Crippen LogP contribution is 2.35. The molecule has 0 fully saturated rings. The lowest BCUT2D eigenvalue weighted by molar-refractivity contribution is -0.139. The Labute approximate surface area is 229 Å². The summed E-state index contributed by atoms with van der Waals surface area (Å²) in [5.41, 5.74) is 8.51. The van der Waals surface area contributed by atoms with Gasteiger partial charge in [0.25, 0.3) is 11.8 Å². The van der Waals surface area contributed by atoms with Gasteiger partial charge in [0, 0.05) is 42.3 Å². The number of aliphatic imine (C=N–C) groups is 1. The Morgan fingerprint density at radius 3 is 2.71 bits per heavy atom. The number of halogens is 2. The lowest BCUT2D eigenvalue weighted by Gasteiger charge is -2.30. The van der Waals surface area contributed by atoms with E-state index in [-0.39, 0.29) is 40.5 Å². The molecule has 38 heavy (non-hydrogen) atoms. The number of furan rings is 1. The molecule has 2 unspecified atom stereocenters. The van der Waals surface area contributed by atoms with Crippen LogP contribution in [0.3, 0.4) is 0 Å². The number of nitrogens with two attached hydrogens (primary N) is 1. The third-order valence-corrected chi connectivity index (χ3v) is 7.02. The molecule has 0 spiro atoms. The van der Waals surface area contributed by atoms with Crippen molar-refractivity contribution in [2.75, 3.05) is 6.54 Å². The third kappa shape index (κ3) is 6.01.